The summed E-state index contributed by atoms with van der Waals surface area (Å²) < 4.78 is 29.2. The van der Waals surface area contributed by atoms with Crippen molar-refractivity contribution in [2.24, 2.45) is 28.1 Å². The lowest BCUT2D eigenvalue weighted by Crippen LogP contribution is -2.78. The minimum atomic E-state index is -1.67. The Kier molecular flexibility index (Phi) is 6.97. The number of carbonyl (C=O) groups excluding carboxylic acids is 4. The van der Waals surface area contributed by atoms with Crippen LogP contribution in [0.2, 0.25) is 0 Å². The number of methoxy groups -OCH3 is 1. The van der Waals surface area contributed by atoms with Gasteiger partial charge in [0.2, 0.25) is 0 Å². The van der Waals surface area contributed by atoms with Crippen LogP contribution in [0.15, 0.2) is 12.2 Å². The van der Waals surface area contributed by atoms with Gasteiger partial charge in [0.25, 0.3) is 0 Å². The molecule has 11 unspecified atom stereocenters. The first kappa shape index (κ1) is 30.0. The summed E-state index contributed by atoms with van der Waals surface area (Å²) >= 11 is 0. The van der Waals surface area contributed by atoms with Crippen molar-refractivity contribution in [2.75, 3.05) is 7.11 Å². The van der Waals surface area contributed by atoms with Crippen LogP contribution in [0.3, 0.4) is 0 Å². The molecule has 4 aliphatic carbocycles. The molecule has 10 heteroatoms. The van der Waals surface area contributed by atoms with E-state index in [-0.39, 0.29) is 31.3 Å². The van der Waals surface area contributed by atoms with Crippen molar-refractivity contribution >= 4 is 23.9 Å². The molecule has 5 aliphatic rings. The first-order chi connectivity index (χ1) is 19.1. The van der Waals surface area contributed by atoms with Crippen LogP contribution in [0.4, 0.5) is 0 Å². The van der Waals surface area contributed by atoms with E-state index in [1.165, 1.54) is 14.0 Å². The van der Waals surface area contributed by atoms with Gasteiger partial charge in [0, 0.05) is 18.8 Å². The Labute approximate surface area is 241 Å². The number of ether oxygens (including phenoxy) is 5. The fourth-order valence-corrected chi connectivity index (χ4v) is 9.29. The van der Waals surface area contributed by atoms with Gasteiger partial charge in [-0.25, -0.2) is 4.79 Å². The molecular weight excluding hydrogens is 532 g/mol. The molecule has 5 fully saturated rings. The molecule has 11 atom stereocenters. The molecule has 4 saturated carbocycles. The van der Waals surface area contributed by atoms with E-state index >= 15 is 0 Å². The lowest BCUT2D eigenvalue weighted by atomic mass is 9.37. The Balaban J connectivity index is 1.72. The molecule has 1 N–H and O–H groups in total. The van der Waals surface area contributed by atoms with Crippen LogP contribution in [-0.2, 0) is 42.9 Å². The zero-order chi connectivity index (χ0) is 30.3. The Hall–Kier alpha value is -2.46. The van der Waals surface area contributed by atoms with E-state index in [9.17, 15) is 24.3 Å². The van der Waals surface area contributed by atoms with Gasteiger partial charge in [-0.05, 0) is 76.7 Å². The predicted octanol–water partition coefficient (Wildman–Crippen LogP) is 3.42. The zero-order valence-corrected chi connectivity index (χ0v) is 25.2. The number of hydrogen-bond acceptors (Lipinski definition) is 10. The highest BCUT2D eigenvalue weighted by molar-refractivity contribution is 5.83. The number of epoxide rings is 1. The maximum absolute atomic E-state index is 13.5. The van der Waals surface area contributed by atoms with Gasteiger partial charge < -0.3 is 28.8 Å². The second-order valence-electron chi connectivity index (χ2n) is 13.5. The summed E-state index contributed by atoms with van der Waals surface area (Å²) in [6.07, 6.45) is -0.757. The summed E-state index contributed by atoms with van der Waals surface area (Å²) in [5.41, 5.74) is -5.60. The number of hydrogen-bond donors (Lipinski definition) is 1. The van der Waals surface area contributed by atoms with Crippen molar-refractivity contribution in [3.8, 4) is 0 Å². The molecule has 0 amide bonds. The highest BCUT2D eigenvalue weighted by atomic mass is 16.7. The van der Waals surface area contributed by atoms with E-state index < -0.39 is 75.6 Å². The third-order valence-electron chi connectivity index (χ3n) is 11.8. The van der Waals surface area contributed by atoms with Crippen molar-refractivity contribution in [3.63, 3.8) is 0 Å². The molecule has 1 saturated heterocycles. The number of esters is 4. The molecule has 2 bridgehead atoms. The lowest BCUT2D eigenvalue weighted by molar-refractivity contribution is -0.332. The number of carbonyl (C=O) groups is 4. The Bertz CT molecular complexity index is 1180. The lowest BCUT2D eigenvalue weighted by Gasteiger charge is -2.70. The van der Waals surface area contributed by atoms with Gasteiger partial charge in [0.05, 0.1) is 29.6 Å². The maximum atomic E-state index is 13.5. The van der Waals surface area contributed by atoms with Gasteiger partial charge in [0.1, 0.15) is 18.3 Å². The van der Waals surface area contributed by atoms with Crippen LogP contribution in [0.5, 0.6) is 0 Å². The fourth-order valence-electron chi connectivity index (χ4n) is 9.29. The summed E-state index contributed by atoms with van der Waals surface area (Å²) in [6, 6.07) is 0. The molecule has 0 aromatic heterocycles. The minimum Gasteiger partial charge on any atom is -0.469 e. The average Bonchev–Trinajstić information content (AvgIpc) is 3.48. The highest BCUT2D eigenvalue weighted by Gasteiger charge is 2.82. The van der Waals surface area contributed by atoms with Crippen molar-refractivity contribution in [1.29, 1.82) is 0 Å². The van der Waals surface area contributed by atoms with E-state index in [1.54, 1.807) is 20.8 Å². The molecule has 0 aromatic rings. The van der Waals surface area contributed by atoms with Crippen LogP contribution in [0.25, 0.3) is 0 Å². The quantitative estimate of drug-likeness (QED) is 0.217. The van der Waals surface area contributed by atoms with Crippen LogP contribution in [0, 0.1) is 28.1 Å². The summed E-state index contributed by atoms with van der Waals surface area (Å²) in [5, 5.41) is 13.3. The van der Waals surface area contributed by atoms with Gasteiger partial charge in [-0.15, -0.1) is 0 Å². The van der Waals surface area contributed by atoms with E-state index in [0.717, 1.165) is 0 Å². The van der Waals surface area contributed by atoms with Gasteiger partial charge in [0.15, 0.2) is 5.60 Å². The summed E-state index contributed by atoms with van der Waals surface area (Å²) in [4.78, 5) is 52.2. The second-order valence-corrected chi connectivity index (χ2v) is 13.5. The molecule has 228 valence electrons. The fraction of sp³-hybridized carbons (Fsp3) is 0.806. The molecule has 5 rings (SSSR count). The first-order valence-corrected chi connectivity index (χ1v) is 14.8. The van der Waals surface area contributed by atoms with Crippen molar-refractivity contribution < 1.29 is 48.0 Å². The second kappa shape index (κ2) is 9.53. The summed E-state index contributed by atoms with van der Waals surface area (Å²) in [7, 11) is 1.33. The smallest absolute Gasteiger partial charge is 0.341 e. The van der Waals surface area contributed by atoms with Gasteiger partial charge in [-0.3, -0.25) is 14.4 Å². The van der Waals surface area contributed by atoms with Gasteiger partial charge in [-0.2, -0.15) is 0 Å². The average molecular weight is 577 g/mol. The molecule has 1 aliphatic heterocycles. The largest absolute Gasteiger partial charge is 0.469 e. The molecule has 0 aromatic carbocycles. The summed E-state index contributed by atoms with van der Waals surface area (Å²) in [6.45, 7) is 14.5. The molecule has 1 heterocycles. The third-order valence-corrected chi connectivity index (χ3v) is 11.8. The van der Waals surface area contributed by atoms with Crippen molar-refractivity contribution in [1.82, 2.24) is 0 Å². The highest BCUT2D eigenvalue weighted by Crippen LogP contribution is 2.75. The van der Waals surface area contributed by atoms with E-state index in [0.29, 0.717) is 31.3 Å². The standard InChI is InChI=1S/C31H44O10/c1-9-23(33)39-22-14-20-27(5,25(34)37-8)12-11-21(40-26(35)29(7)17(3)41-29)28(20,6)31(36)13-10-19-15-30(22,31)24(16(19)2)38-18(4)32/h17,19-22,24,36H,2,9-15H2,1,3-8H3. The Morgan fingerprint density at radius 3 is 2.24 bits per heavy atom. The van der Waals surface area contributed by atoms with Crippen molar-refractivity contribution in [2.45, 2.75) is 122 Å². The molecule has 0 radical (unpaired) electrons. The Morgan fingerprint density at radius 2 is 1.68 bits per heavy atom. The van der Waals surface area contributed by atoms with E-state index in [4.69, 9.17) is 23.7 Å². The third kappa shape index (κ3) is 3.81. The van der Waals surface area contributed by atoms with Crippen LogP contribution in [-0.4, -0.2) is 71.7 Å². The number of rotatable bonds is 6. The van der Waals surface area contributed by atoms with E-state index in [2.05, 4.69) is 6.58 Å². The molecule has 10 nitrogen and oxygen atoms in total. The normalized spacial score (nSPS) is 47.9. The first-order valence-electron chi connectivity index (χ1n) is 14.8. The Morgan fingerprint density at radius 1 is 1.02 bits per heavy atom. The molecular formula is C31H44O10. The predicted molar refractivity (Wildman–Crippen MR) is 144 cm³/mol. The topological polar surface area (TPSA) is 138 Å². The molecule has 1 spiro atoms. The molecule has 41 heavy (non-hydrogen) atoms. The number of aliphatic hydroxyl groups is 1. The number of fused-ring (bicyclic) bond motifs is 3. The van der Waals surface area contributed by atoms with Gasteiger partial charge >= 0.3 is 23.9 Å². The van der Waals surface area contributed by atoms with Crippen molar-refractivity contribution in [3.05, 3.63) is 12.2 Å². The summed E-state index contributed by atoms with van der Waals surface area (Å²) in [5.74, 6) is -2.61. The SMILES string of the molecule is C=C1C2CCC3(O)C4(C)C(OC(=O)C5(C)OC5C)CCC(C)(C(=O)OC)C4CC(OC(=O)CC)C3(C2)C1OC(C)=O. The van der Waals surface area contributed by atoms with E-state index in [1.807, 2.05) is 13.8 Å². The van der Waals surface area contributed by atoms with Crippen LogP contribution >= 0.6 is 0 Å². The van der Waals surface area contributed by atoms with Crippen LogP contribution < -0.4 is 0 Å². The van der Waals surface area contributed by atoms with Crippen LogP contribution in [0.1, 0.15) is 86.5 Å². The monoisotopic (exact) mass is 576 g/mol. The minimum absolute atomic E-state index is 0.0567. The van der Waals surface area contributed by atoms with Gasteiger partial charge in [-0.1, -0.05) is 20.4 Å². The zero-order valence-electron chi connectivity index (χ0n) is 25.2. The maximum Gasteiger partial charge on any atom is 0.341 e.